The molecule has 25 heavy (non-hydrogen) atoms. The van der Waals surface area contributed by atoms with Crippen molar-refractivity contribution in [1.29, 1.82) is 0 Å². The number of nitrogen functional groups attached to an aromatic ring is 1. The number of anilines is 1. The van der Waals surface area contributed by atoms with Crippen molar-refractivity contribution in [3.8, 4) is 5.75 Å². The molecule has 0 amide bonds. The van der Waals surface area contributed by atoms with Crippen molar-refractivity contribution in [2.45, 2.75) is 39.5 Å². The van der Waals surface area contributed by atoms with Gasteiger partial charge in [0.2, 0.25) is 0 Å². The molecule has 0 aliphatic heterocycles. The van der Waals surface area contributed by atoms with Crippen molar-refractivity contribution >= 4 is 17.0 Å². The number of benzene rings is 2. The maximum atomic E-state index is 10.4. The molecule has 5 nitrogen and oxygen atoms in total. The third-order valence-corrected chi connectivity index (χ3v) is 4.32. The first-order chi connectivity index (χ1) is 12.1. The number of hydrogen-bond acceptors (Lipinski definition) is 3. The van der Waals surface area contributed by atoms with Crippen LogP contribution >= 0.6 is 0 Å². The quantitative estimate of drug-likeness (QED) is 0.650. The van der Waals surface area contributed by atoms with Gasteiger partial charge in [-0.2, -0.15) is 0 Å². The van der Waals surface area contributed by atoms with Crippen LogP contribution < -0.4 is 15.0 Å². The molecule has 1 heterocycles. The number of aliphatic hydroxyl groups is 1. The molecule has 1 aromatic heterocycles. The first-order valence-electron chi connectivity index (χ1n) is 8.74. The van der Waals surface area contributed by atoms with E-state index in [1.54, 1.807) is 0 Å². The largest absolute Gasteiger partial charge is 0.491 e. The molecule has 0 radical (unpaired) electrons. The predicted molar refractivity (Wildman–Crippen MR) is 99.5 cm³/mol. The van der Waals surface area contributed by atoms with Crippen LogP contribution in [0.4, 0.5) is 5.95 Å². The van der Waals surface area contributed by atoms with Gasteiger partial charge in [0.15, 0.2) is 0 Å². The first kappa shape index (κ1) is 17.3. The summed E-state index contributed by atoms with van der Waals surface area (Å²) in [5.41, 5.74) is 9.65. The average Bonchev–Trinajstić information content (AvgIpc) is 2.88. The van der Waals surface area contributed by atoms with Crippen molar-refractivity contribution in [2.75, 3.05) is 12.3 Å². The van der Waals surface area contributed by atoms with E-state index in [-0.39, 0.29) is 6.61 Å². The van der Waals surface area contributed by atoms with Crippen LogP contribution in [-0.2, 0) is 13.1 Å². The second-order valence-electron chi connectivity index (χ2n) is 6.39. The molecular formula is C20H26N3O2+. The molecule has 0 saturated heterocycles. The van der Waals surface area contributed by atoms with E-state index in [0.717, 1.165) is 29.7 Å². The molecule has 2 aromatic carbocycles. The van der Waals surface area contributed by atoms with Gasteiger partial charge in [-0.15, -0.1) is 0 Å². The van der Waals surface area contributed by atoms with Crippen LogP contribution in [0.5, 0.6) is 5.75 Å². The lowest BCUT2D eigenvalue weighted by molar-refractivity contribution is -0.665. The van der Waals surface area contributed by atoms with Crippen molar-refractivity contribution in [2.24, 2.45) is 0 Å². The van der Waals surface area contributed by atoms with Crippen molar-refractivity contribution in [1.82, 2.24) is 4.57 Å². The Bertz CT molecular complexity index is 840. The van der Waals surface area contributed by atoms with Gasteiger partial charge < -0.3 is 9.84 Å². The van der Waals surface area contributed by atoms with Crippen molar-refractivity contribution in [3.05, 3.63) is 54.1 Å². The second kappa shape index (κ2) is 7.57. The fraction of sp³-hybridized carbons (Fsp3) is 0.350. The number of aryl methyl sites for hydroxylation is 2. The third-order valence-electron chi connectivity index (χ3n) is 4.32. The third kappa shape index (κ3) is 3.77. The van der Waals surface area contributed by atoms with E-state index in [1.165, 1.54) is 5.56 Å². The Morgan fingerprint density at radius 3 is 2.60 bits per heavy atom. The van der Waals surface area contributed by atoms with Crippen LogP contribution in [0.1, 0.15) is 18.9 Å². The van der Waals surface area contributed by atoms with Gasteiger partial charge in [0.1, 0.15) is 36.0 Å². The number of hydrogen-bond donors (Lipinski definition) is 2. The van der Waals surface area contributed by atoms with E-state index in [0.29, 0.717) is 12.5 Å². The fourth-order valence-corrected chi connectivity index (χ4v) is 3.05. The van der Waals surface area contributed by atoms with Crippen LogP contribution in [0.3, 0.4) is 0 Å². The van der Waals surface area contributed by atoms with E-state index < -0.39 is 6.10 Å². The molecule has 0 unspecified atom stereocenters. The summed E-state index contributed by atoms with van der Waals surface area (Å²) in [5.74, 6) is 1.42. The lowest BCUT2D eigenvalue weighted by Gasteiger charge is -2.12. The maximum absolute atomic E-state index is 10.4. The lowest BCUT2D eigenvalue weighted by Crippen LogP contribution is -2.43. The van der Waals surface area contributed by atoms with Gasteiger partial charge in [0, 0.05) is 0 Å². The number of para-hydroxylation sites is 2. The Kier molecular flexibility index (Phi) is 5.24. The number of fused-ring (bicyclic) bond motifs is 1. The molecule has 0 fully saturated rings. The van der Waals surface area contributed by atoms with Gasteiger partial charge in [-0.3, -0.25) is 5.73 Å². The standard InChI is InChI=1S/C20H25N3O2/c1-3-12-22-18-6-4-5-7-19(18)23(20(22)21)13-16(24)14-25-17-10-8-15(2)9-11-17/h4-11,16,21,24H,3,12-14H2,1-2H3/p+1/t16-/m1/s1. The normalized spacial score (nSPS) is 12.4. The minimum absolute atomic E-state index is 0.225. The molecule has 1 atom stereocenters. The Balaban J connectivity index is 1.75. The molecule has 0 bridgehead atoms. The van der Waals surface area contributed by atoms with Gasteiger partial charge in [-0.05, 0) is 37.6 Å². The molecule has 3 N–H and O–H groups in total. The maximum Gasteiger partial charge on any atom is 0.356 e. The summed E-state index contributed by atoms with van der Waals surface area (Å²) in [6.07, 6.45) is 0.358. The zero-order valence-electron chi connectivity index (χ0n) is 14.9. The molecule has 0 spiro atoms. The van der Waals surface area contributed by atoms with E-state index in [9.17, 15) is 5.11 Å². The SMILES string of the molecule is CCCn1c(N)[n+](C[C@@H](O)COc2ccc(C)cc2)c2ccccc21. The molecule has 0 saturated carbocycles. The molecule has 3 aromatic rings. The van der Waals surface area contributed by atoms with Gasteiger partial charge in [-0.1, -0.05) is 36.8 Å². The Hall–Kier alpha value is -2.53. The number of aliphatic hydroxyl groups excluding tert-OH is 1. The van der Waals surface area contributed by atoms with Crippen LogP contribution in [0.25, 0.3) is 11.0 Å². The van der Waals surface area contributed by atoms with E-state index >= 15 is 0 Å². The summed E-state index contributed by atoms with van der Waals surface area (Å²) in [7, 11) is 0. The summed E-state index contributed by atoms with van der Waals surface area (Å²) in [6, 6.07) is 15.9. The van der Waals surface area contributed by atoms with E-state index in [1.807, 2.05) is 54.0 Å². The van der Waals surface area contributed by atoms with Crippen molar-refractivity contribution in [3.63, 3.8) is 0 Å². The topological polar surface area (TPSA) is 64.3 Å². The fourth-order valence-electron chi connectivity index (χ4n) is 3.05. The van der Waals surface area contributed by atoms with Crippen LogP contribution in [0.15, 0.2) is 48.5 Å². The summed E-state index contributed by atoms with van der Waals surface area (Å²) in [4.78, 5) is 0. The average molecular weight is 340 g/mol. The predicted octanol–water partition coefficient (Wildman–Crippen LogP) is 2.67. The highest BCUT2D eigenvalue weighted by Crippen LogP contribution is 2.17. The highest BCUT2D eigenvalue weighted by molar-refractivity contribution is 5.73. The highest BCUT2D eigenvalue weighted by Gasteiger charge is 2.22. The summed E-state index contributed by atoms with van der Waals surface area (Å²) < 4.78 is 9.76. The minimum Gasteiger partial charge on any atom is -0.491 e. The van der Waals surface area contributed by atoms with Gasteiger partial charge in [0.25, 0.3) is 0 Å². The van der Waals surface area contributed by atoms with Gasteiger partial charge >= 0.3 is 5.95 Å². The zero-order valence-corrected chi connectivity index (χ0v) is 14.9. The number of nitrogens with zero attached hydrogens (tertiary/aromatic N) is 2. The minimum atomic E-state index is -0.644. The van der Waals surface area contributed by atoms with Gasteiger partial charge in [-0.25, -0.2) is 9.13 Å². The molecular weight excluding hydrogens is 314 g/mol. The van der Waals surface area contributed by atoms with Gasteiger partial charge in [0.05, 0.1) is 6.54 Å². The number of aromatic nitrogens is 2. The van der Waals surface area contributed by atoms with Crippen LogP contribution in [-0.4, -0.2) is 22.4 Å². The Labute approximate surface area is 148 Å². The second-order valence-corrected chi connectivity index (χ2v) is 6.39. The summed E-state index contributed by atoms with van der Waals surface area (Å²) >= 11 is 0. The summed E-state index contributed by atoms with van der Waals surface area (Å²) in [5, 5.41) is 10.4. The number of ether oxygens (including phenoxy) is 1. The Morgan fingerprint density at radius 1 is 1.16 bits per heavy atom. The molecule has 0 aliphatic carbocycles. The number of rotatable bonds is 7. The number of imidazole rings is 1. The molecule has 3 rings (SSSR count). The molecule has 0 aliphatic rings. The molecule has 132 valence electrons. The van der Waals surface area contributed by atoms with Crippen LogP contribution in [0.2, 0.25) is 0 Å². The van der Waals surface area contributed by atoms with E-state index in [2.05, 4.69) is 17.6 Å². The number of nitrogens with two attached hydrogens (primary N) is 1. The summed E-state index contributed by atoms with van der Waals surface area (Å²) in [6.45, 7) is 5.64. The highest BCUT2D eigenvalue weighted by atomic mass is 16.5. The van der Waals surface area contributed by atoms with Crippen LogP contribution in [0, 0.1) is 6.92 Å². The molecule has 5 heteroatoms. The smallest absolute Gasteiger partial charge is 0.356 e. The lowest BCUT2D eigenvalue weighted by atomic mass is 10.2. The zero-order chi connectivity index (χ0) is 17.8. The monoisotopic (exact) mass is 340 g/mol. The first-order valence-corrected chi connectivity index (χ1v) is 8.74. The Morgan fingerprint density at radius 2 is 1.88 bits per heavy atom. The van der Waals surface area contributed by atoms with Crippen molar-refractivity contribution < 1.29 is 14.4 Å². The van der Waals surface area contributed by atoms with E-state index in [4.69, 9.17) is 10.5 Å².